The zero-order chi connectivity index (χ0) is 7.07. The average molecular weight is 130 g/mol. The Kier molecular flexibility index (Phi) is 1.53. The van der Waals surface area contributed by atoms with Gasteiger partial charge in [-0.2, -0.15) is 0 Å². The van der Waals surface area contributed by atoms with E-state index >= 15 is 0 Å². The largest absolute Gasteiger partial charge is 0.396 e. The fourth-order valence-corrected chi connectivity index (χ4v) is 1.58. The number of hydrogen-bond donors (Lipinski definition) is 2. The molecule has 0 aromatic carbocycles. The van der Waals surface area contributed by atoms with Gasteiger partial charge in [0.1, 0.15) is 0 Å². The van der Waals surface area contributed by atoms with Crippen molar-refractivity contribution in [3.63, 3.8) is 0 Å². The summed E-state index contributed by atoms with van der Waals surface area (Å²) in [6, 6.07) is 0. The Morgan fingerprint density at radius 3 is 1.56 bits per heavy atom. The third kappa shape index (κ3) is 0.864. The van der Waals surface area contributed by atoms with Crippen molar-refractivity contribution >= 4 is 0 Å². The van der Waals surface area contributed by atoms with Gasteiger partial charge < -0.3 is 10.2 Å². The van der Waals surface area contributed by atoms with Crippen LogP contribution < -0.4 is 0 Å². The number of aliphatic hydroxyl groups excluding tert-OH is 2. The van der Waals surface area contributed by atoms with Crippen LogP contribution in [0.5, 0.6) is 0 Å². The standard InChI is InChI=1S/C7H14O2/c1-7(2)5(3-8)6(7)4-9/h5-6,8-9H,3-4H2,1-2H3/t5-,6-/m0/s1. The summed E-state index contributed by atoms with van der Waals surface area (Å²) in [5.74, 6) is 0.671. The van der Waals surface area contributed by atoms with Crippen molar-refractivity contribution in [1.29, 1.82) is 0 Å². The van der Waals surface area contributed by atoms with E-state index in [-0.39, 0.29) is 18.6 Å². The Morgan fingerprint density at radius 2 is 1.44 bits per heavy atom. The lowest BCUT2D eigenvalue weighted by Gasteiger charge is -1.97. The van der Waals surface area contributed by atoms with Gasteiger partial charge in [0.2, 0.25) is 0 Å². The highest BCUT2D eigenvalue weighted by molar-refractivity contribution is 5.03. The summed E-state index contributed by atoms with van der Waals surface area (Å²) in [5, 5.41) is 17.5. The number of hydrogen-bond acceptors (Lipinski definition) is 2. The highest BCUT2D eigenvalue weighted by Crippen LogP contribution is 2.57. The molecule has 1 aliphatic rings. The van der Waals surface area contributed by atoms with E-state index in [1.54, 1.807) is 0 Å². The van der Waals surface area contributed by atoms with Gasteiger partial charge in [-0.05, 0) is 17.3 Å². The van der Waals surface area contributed by atoms with Gasteiger partial charge in [0.05, 0.1) is 0 Å². The Balaban J connectivity index is 2.45. The maximum Gasteiger partial charge on any atom is 0.0468 e. The fourth-order valence-electron chi connectivity index (χ4n) is 1.58. The van der Waals surface area contributed by atoms with Gasteiger partial charge in [0.15, 0.2) is 0 Å². The summed E-state index contributed by atoms with van der Waals surface area (Å²) in [6.07, 6.45) is 0. The summed E-state index contributed by atoms with van der Waals surface area (Å²) in [5.41, 5.74) is 0.184. The van der Waals surface area contributed by atoms with Gasteiger partial charge >= 0.3 is 0 Å². The van der Waals surface area contributed by atoms with E-state index in [1.807, 2.05) is 0 Å². The predicted molar refractivity (Wildman–Crippen MR) is 34.9 cm³/mol. The smallest absolute Gasteiger partial charge is 0.0468 e. The Hall–Kier alpha value is -0.0800. The third-order valence-corrected chi connectivity index (χ3v) is 2.68. The molecule has 2 N–H and O–H groups in total. The average Bonchev–Trinajstić information content (AvgIpc) is 2.32. The van der Waals surface area contributed by atoms with Crippen LogP contribution in [0.25, 0.3) is 0 Å². The highest BCUT2D eigenvalue weighted by Gasteiger charge is 2.56. The molecule has 2 nitrogen and oxygen atoms in total. The molecule has 0 saturated heterocycles. The number of rotatable bonds is 2. The first kappa shape index (κ1) is 7.03. The van der Waals surface area contributed by atoms with Gasteiger partial charge in [0.25, 0.3) is 0 Å². The maximum absolute atomic E-state index is 8.73. The van der Waals surface area contributed by atoms with Crippen LogP contribution in [0.4, 0.5) is 0 Å². The minimum Gasteiger partial charge on any atom is -0.396 e. The van der Waals surface area contributed by atoms with Gasteiger partial charge in [0, 0.05) is 13.2 Å². The zero-order valence-electron chi connectivity index (χ0n) is 5.96. The molecule has 54 valence electrons. The molecule has 9 heavy (non-hydrogen) atoms. The van der Waals surface area contributed by atoms with E-state index in [0.29, 0.717) is 11.8 Å². The van der Waals surface area contributed by atoms with Gasteiger partial charge in [-0.1, -0.05) is 13.8 Å². The van der Waals surface area contributed by atoms with Gasteiger partial charge in [-0.15, -0.1) is 0 Å². The molecular weight excluding hydrogens is 116 g/mol. The highest BCUT2D eigenvalue weighted by atomic mass is 16.3. The Morgan fingerprint density at radius 1 is 1.11 bits per heavy atom. The molecule has 1 fully saturated rings. The molecule has 0 amide bonds. The quantitative estimate of drug-likeness (QED) is 0.562. The molecular formula is C7H14O2. The van der Waals surface area contributed by atoms with Crippen molar-refractivity contribution in [2.24, 2.45) is 17.3 Å². The van der Waals surface area contributed by atoms with Crippen LogP contribution in [0.3, 0.4) is 0 Å². The van der Waals surface area contributed by atoms with Gasteiger partial charge in [-0.3, -0.25) is 0 Å². The lowest BCUT2D eigenvalue weighted by molar-refractivity contribution is 0.232. The molecule has 1 saturated carbocycles. The SMILES string of the molecule is CC1(C)[C@@H](CO)[C@@H]1CO. The van der Waals surface area contributed by atoms with Crippen LogP contribution >= 0.6 is 0 Å². The van der Waals surface area contributed by atoms with Crippen molar-refractivity contribution in [3.05, 3.63) is 0 Å². The summed E-state index contributed by atoms with van der Waals surface area (Å²) < 4.78 is 0. The van der Waals surface area contributed by atoms with Crippen LogP contribution in [0.15, 0.2) is 0 Å². The first-order valence-corrected chi connectivity index (χ1v) is 3.36. The lowest BCUT2D eigenvalue weighted by Crippen LogP contribution is -1.94. The molecule has 2 heteroatoms. The van der Waals surface area contributed by atoms with E-state index in [1.165, 1.54) is 0 Å². The normalized spacial score (nSPS) is 38.7. The molecule has 1 aliphatic carbocycles. The first-order valence-electron chi connectivity index (χ1n) is 3.36. The van der Waals surface area contributed by atoms with E-state index in [2.05, 4.69) is 13.8 Å². The van der Waals surface area contributed by atoms with E-state index in [0.717, 1.165) is 0 Å². The monoisotopic (exact) mass is 130 g/mol. The Labute approximate surface area is 55.5 Å². The maximum atomic E-state index is 8.73. The molecule has 0 aromatic heterocycles. The summed E-state index contributed by atoms with van der Waals surface area (Å²) in [7, 11) is 0. The molecule has 0 radical (unpaired) electrons. The molecule has 0 bridgehead atoms. The second-order valence-electron chi connectivity index (χ2n) is 3.40. The van der Waals surface area contributed by atoms with Crippen LogP contribution in [0.1, 0.15) is 13.8 Å². The molecule has 1 rings (SSSR count). The zero-order valence-corrected chi connectivity index (χ0v) is 5.96. The molecule has 0 aliphatic heterocycles. The molecule has 2 atom stereocenters. The van der Waals surface area contributed by atoms with Gasteiger partial charge in [-0.25, -0.2) is 0 Å². The number of aliphatic hydroxyl groups is 2. The predicted octanol–water partition coefficient (Wildman–Crippen LogP) is 0.243. The fraction of sp³-hybridized carbons (Fsp3) is 1.00. The molecule has 0 aromatic rings. The molecule has 0 unspecified atom stereocenters. The van der Waals surface area contributed by atoms with Crippen molar-refractivity contribution < 1.29 is 10.2 Å². The Bertz CT molecular complexity index is 97.5. The van der Waals surface area contributed by atoms with Crippen molar-refractivity contribution in [2.45, 2.75) is 13.8 Å². The van der Waals surface area contributed by atoms with Crippen molar-refractivity contribution in [1.82, 2.24) is 0 Å². The van der Waals surface area contributed by atoms with Crippen molar-refractivity contribution in [3.8, 4) is 0 Å². The van der Waals surface area contributed by atoms with Crippen LogP contribution in [-0.4, -0.2) is 23.4 Å². The topological polar surface area (TPSA) is 40.5 Å². The van der Waals surface area contributed by atoms with Crippen LogP contribution in [0.2, 0.25) is 0 Å². The second-order valence-corrected chi connectivity index (χ2v) is 3.40. The minimum atomic E-state index is 0.184. The minimum absolute atomic E-state index is 0.184. The van der Waals surface area contributed by atoms with Crippen LogP contribution in [0, 0.1) is 17.3 Å². The van der Waals surface area contributed by atoms with Crippen LogP contribution in [-0.2, 0) is 0 Å². The van der Waals surface area contributed by atoms with E-state index < -0.39 is 0 Å². The van der Waals surface area contributed by atoms with Crippen molar-refractivity contribution in [2.75, 3.05) is 13.2 Å². The third-order valence-electron chi connectivity index (χ3n) is 2.68. The molecule has 0 heterocycles. The summed E-state index contributed by atoms with van der Waals surface area (Å²) in [6.45, 7) is 4.60. The second kappa shape index (κ2) is 1.96. The lowest BCUT2D eigenvalue weighted by atomic mass is 10.1. The molecule has 0 spiro atoms. The summed E-state index contributed by atoms with van der Waals surface area (Å²) in [4.78, 5) is 0. The van der Waals surface area contributed by atoms with E-state index in [4.69, 9.17) is 10.2 Å². The van der Waals surface area contributed by atoms with E-state index in [9.17, 15) is 0 Å². The first-order chi connectivity index (χ1) is 4.14. The summed E-state index contributed by atoms with van der Waals surface area (Å²) >= 11 is 0.